The van der Waals surface area contributed by atoms with Crippen molar-refractivity contribution in [2.24, 2.45) is 5.92 Å². The van der Waals surface area contributed by atoms with E-state index < -0.39 is 21.7 Å². The van der Waals surface area contributed by atoms with Crippen LogP contribution >= 0.6 is 0 Å². The summed E-state index contributed by atoms with van der Waals surface area (Å²) in [5.74, 6) is -1.81. The van der Waals surface area contributed by atoms with Gasteiger partial charge >= 0.3 is 5.97 Å². The highest BCUT2D eigenvalue weighted by molar-refractivity contribution is 7.91. The fourth-order valence-corrected chi connectivity index (χ4v) is 4.31. The minimum absolute atomic E-state index is 0.0702. The minimum atomic E-state index is -3.31. The molecule has 0 saturated heterocycles. The molecule has 21 heavy (non-hydrogen) atoms. The number of hydrogen-bond donors (Lipinski definition) is 1. The zero-order valence-corrected chi connectivity index (χ0v) is 12.3. The van der Waals surface area contributed by atoms with Gasteiger partial charge < -0.3 is 10.1 Å². The van der Waals surface area contributed by atoms with Gasteiger partial charge in [0, 0.05) is 17.8 Å². The van der Waals surface area contributed by atoms with Gasteiger partial charge in [-0.3, -0.25) is 9.59 Å². The molecule has 0 bridgehead atoms. The maximum atomic E-state index is 12.4. The van der Waals surface area contributed by atoms with Crippen molar-refractivity contribution in [1.82, 2.24) is 0 Å². The summed E-state index contributed by atoms with van der Waals surface area (Å²) in [6, 6.07) is 3.10. The molecule has 0 amide bonds. The van der Waals surface area contributed by atoms with Crippen LogP contribution in [-0.4, -0.2) is 39.1 Å². The molecule has 1 unspecified atom stereocenters. The number of nitrogens with one attached hydrogen (secondary N) is 1. The number of sulfone groups is 1. The molecule has 1 aromatic carbocycles. The molecule has 2 aliphatic rings. The van der Waals surface area contributed by atoms with Gasteiger partial charge in [0.1, 0.15) is 5.92 Å². The number of carbonyl (C=O) groups is 2. The van der Waals surface area contributed by atoms with Crippen LogP contribution in [0.3, 0.4) is 0 Å². The Labute approximate surface area is 122 Å². The highest BCUT2D eigenvalue weighted by Crippen LogP contribution is 2.34. The zero-order valence-electron chi connectivity index (χ0n) is 11.5. The number of aryl methyl sites for hydroxylation is 1. The summed E-state index contributed by atoms with van der Waals surface area (Å²) in [7, 11) is -3.31. The van der Waals surface area contributed by atoms with Crippen LogP contribution in [0.5, 0.6) is 0 Å². The molecule has 3 rings (SSSR count). The first-order valence-electron chi connectivity index (χ1n) is 6.78. The number of rotatable bonds is 2. The summed E-state index contributed by atoms with van der Waals surface area (Å²) in [6.07, 6.45) is 0.460. The largest absolute Gasteiger partial charge is 0.465 e. The van der Waals surface area contributed by atoms with Crippen molar-refractivity contribution in [3.05, 3.63) is 23.3 Å². The highest BCUT2D eigenvalue weighted by Gasteiger charge is 2.37. The number of esters is 1. The van der Waals surface area contributed by atoms with Crippen LogP contribution in [0.2, 0.25) is 0 Å². The van der Waals surface area contributed by atoms with Crippen molar-refractivity contribution < 1.29 is 22.7 Å². The van der Waals surface area contributed by atoms with E-state index in [0.29, 0.717) is 12.1 Å². The summed E-state index contributed by atoms with van der Waals surface area (Å²) < 4.78 is 28.8. The third kappa shape index (κ3) is 2.21. The Kier molecular flexibility index (Phi) is 3.24. The molecule has 0 saturated carbocycles. The molecule has 1 atom stereocenters. The molecule has 2 heterocycles. The Morgan fingerprint density at radius 3 is 2.90 bits per heavy atom. The molecule has 0 fully saturated rings. The van der Waals surface area contributed by atoms with E-state index in [4.69, 9.17) is 4.74 Å². The van der Waals surface area contributed by atoms with Crippen LogP contribution in [0, 0.1) is 5.92 Å². The molecule has 6 nitrogen and oxygen atoms in total. The Morgan fingerprint density at radius 2 is 2.19 bits per heavy atom. The number of anilines is 1. The molecule has 1 aromatic rings. The van der Waals surface area contributed by atoms with Crippen molar-refractivity contribution in [3.8, 4) is 0 Å². The first kappa shape index (κ1) is 14.1. The Morgan fingerprint density at radius 1 is 1.43 bits per heavy atom. The second-order valence-electron chi connectivity index (χ2n) is 5.12. The first-order valence-corrected chi connectivity index (χ1v) is 8.43. The van der Waals surface area contributed by atoms with Crippen LogP contribution in [0.1, 0.15) is 22.8 Å². The fourth-order valence-electron chi connectivity index (χ4n) is 2.74. The Hall–Kier alpha value is -1.89. The van der Waals surface area contributed by atoms with Crippen LogP contribution in [0.15, 0.2) is 17.0 Å². The monoisotopic (exact) mass is 309 g/mol. The summed E-state index contributed by atoms with van der Waals surface area (Å²) >= 11 is 0. The van der Waals surface area contributed by atoms with Crippen molar-refractivity contribution in [3.63, 3.8) is 0 Å². The van der Waals surface area contributed by atoms with Crippen molar-refractivity contribution >= 4 is 27.3 Å². The van der Waals surface area contributed by atoms with E-state index in [1.54, 1.807) is 13.0 Å². The van der Waals surface area contributed by atoms with E-state index in [2.05, 4.69) is 5.32 Å². The zero-order chi connectivity index (χ0) is 15.2. The average molecular weight is 309 g/mol. The van der Waals surface area contributed by atoms with Gasteiger partial charge in [0.05, 0.1) is 17.3 Å². The van der Waals surface area contributed by atoms with Crippen molar-refractivity contribution in [1.29, 1.82) is 0 Å². The maximum absolute atomic E-state index is 12.4. The molecule has 0 spiro atoms. The van der Waals surface area contributed by atoms with E-state index in [9.17, 15) is 18.0 Å². The van der Waals surface area contributed by atoms with Crippen LogP contribution in [-0.2, 0) is 25.8 Å². The first-order chi connectivity index (χ1) is 9.94. The second-order valence-corrected chi connectivity index (χ2v) is 7.20. The molecule has 2 aliphatic heterocycles. The normalized spacial score (nSPS) is 22.1. The number of ketones is 1. The van der Waals surface area contributed by atoms with Crippen LogP contribution in [0.4, 0.5) is 5.69 Å². The number of fused-ring (bicyclic) bond motifs is 2. The lowest BCUT2D eigenvalue weighted by molar-refractivity contribution is -0.145. The van der Waals surface area contributed by atoms with Gasteiger partial charge in [0.15, 0.2) is 15.6 Å². The van der Waals surface area contributed by atoms with Gasteiger partial charge in [0.2, 0.25) is 0 Å². The summed E-state index contributed by atoms with van der Waals surface area (Å²) in [4.78, 5) is 24.4. The van der Waals surface area contributed by atoms with Crippen molar-refractivity contribution in [2.45, 2.75) is 18.2 Å². The standard InChI is InChI=1S/C14H15NO5S/c1-2-20-14(17)10-7-15-11-5-8-3-4-21(18,19)12(8)6-9(11)13(10)16/h5-6,10,15H,2-4,7H2,1H3. The van der Waals surface area contributed by atoms with Gasteiger partial charge in [0.25, 0.3) is 0 Å². The van der Waals surface area contributed by atoms with E-state index >= 15 is 0 Å². The van der Waals surface area contributed by atoms with Crippen molar-refractivity contribution in [2.75, 3.05) is 24.2 Å². The summed E-state index contributed by atoms with van der Waals surface area (Å²) in [5.41, 5.74) is 1.57. The Bertz CT molecular complexity index is 738. The molecule has 112 valence electrons. The Balaban J connectivity index is 2.03. The maximum Gasteiger partial charge on any atom is 0.318 e. The van der Waals surface area contributed by atoms with Crippen LogP contribution < -0.4 is 5.32 Å². The van der Waals surface area contributed by atoms with E-state index in [-0.39, 0.29) is 35.1 Å². The predicted molar refractivity (Wildman–Crippen MR) is 75.1 cm³/mol. The SMILES string of the molecule is CCOC(=O)C1CNc2cc3c(cc2C1=O)S(=O)(=O)CC3. The lowest BCUT2D eigenvalue weighted by atomic mass is 9.91. The van der Waals surface area contributed by atoms with Crippen LogP contribution in [0.25, 0.3) is 0 Å². The number of hydrogen-bond acceptors (Lipinski definition) is 6. The summed E-state index contributed by atoms with van der Waals surface area (Å²) in [5, 5.41) is 3.02. The lowest BCUT2D eigenvalue weighted by Crippen LogP contribution is -2.36. The van der Waals surface area contributed by atoms with Gasteiger partial charge in [-0.15, -0.1) is 0 Å². The molecule has 0 aliphatic carbocycles. The fraction of sp³-hybridized carbons (Fsp3) is 0.429. The molecule has 0 aromatic heterocycles. The lowest BCUT2D eigenvalue weighted by Gasteiger charge is -2.24. The van der Waals surface area contributed by atoms with E-state index in [0.717, 1.165) is 5.56 Å². The number of carbonyl (C=O) groups excluding carboxylic acids is 2. The smallest absolute Gasteiger partial charge is 0.318 e. The van der Waals surface area contributed by atoms with Gasteiger partial charge in [-0.1, -0.05) is 0 Å². The molecular formula is C14H15NO5S. The topological polar surface area (TPSA) is 89.5 Å². The average Bonchev–Trinajstić information content (AvgIpc) is 2.73. The van der Waals surface area contributed by atoms with Gasteiger partial charge in [-0.05, 0) is 31.0 Å². The molecular weight excluding hydrogens is 294 g/mol. The number of benzene rings is 1. The molecule has 1 N–H and O–H groups in total. The highest BCUT2D eigenvalue weighted by atomic mass is 32.2. The van der Waals surface area contributed by atoms with E-state index in [1.807, 2.05) is 0 Å². The quantitative estimate of drug-likeness (QED) is 0.642. The number of ether oxygens (including phenoxy) is 1. The third-order valence-electron chi connectivity index (χ3n) is 3.83. The minimum Gasteiger partial charge on any atom is -0.465 e. The number of Topliss-reactive ketones (excluding diaryl/α,β-unsaturated/α-hetero) is 1. The molecule has 0 radical (unpaired) electrons. The molecule has 7 heteroatoms. The third-order valence-corrected chi connectivity index (χ3v) is 5.62. The van der Waals surface area contributed by atoms with Gasteiger partial charge in [-0.25, -0.2) is 8.42 Å². The second kappa shape index (κ2) is 4.84. The predicted octanol–water partition coefficient (Wildman–Crippen LogP) is 0.804. The van der Waals surface area contributed by atoms with Gasteiger partial charge in [-0.2, -0.15) is 0 Å². The van der Waals surface area contributed by atoms with E-state index in [1.165, 1.54) is 6.07 Å². The summed E-state index contributed by atoms with van der Waals surface area (Å²) in [6.45, 7) is 2.05.